The van der Waals surface area contributed by atoms with E-state index in [2.05, 4.69) is 10.6 Å². The molecular formula is C21H25N3O3. The Bertz CT molecular complexity index is 788. The normalized spacial score (nSPS) is 18.6. The Hall–Kier alpha value is -2.86. The minimum atomic E-state index is -0.815. The Morgan fingerprint density at radius 2 is 1.78 bits per heavy atom. The van der Waals surface area contributed by atoms with E-state index >= 15 is 0 Å². The molecule has 0 bridgehead atoms. The van der Waals surface area contributed by atoms with E-state index in [-0.39, 0.29) is 24.7 Å². The lowest BCUT2D eigenvalue weighted by Crippen LogP contribution is -2.55. The van der Waals surface area contributed by atoms with E-state index in [1.54, 1.807) is 0 Å². The average Bonchev–Trinajstić information content (AvgIpc) is 2.63. The summed E-state index contributed by atoms with van der Waals surface area (Å²) in [4.78, 5) is 25.1. The van der Waals surface area contributed by atoms with Crippen molar-refractivity contribution >= 4 is 17.7 Å². The lowest BCUT2D eigenvalue weighted by Gasteiger charge is -2.42. The predicted molar refractivity (Wildman–Crippen MR) is 106 cm³/mol. The highest BCUT2D eigenvalue weighted by Gasteiger charge is 2.34. The van der Waals surface area contributed by atoms with Crippen molar-refractivity contribution in [3.05, 3.63) is 54.6 Å². The number of likely N-dealkylation sites (N-methyl/N-ethyl adjacent to an activating group) is 1. The predicted octanol–water partition coefficient (Wildman–Crippen LogP) is 3.41. The van der Waals surface area contributed by atoms with Crippen molar-refractivity contribution < 1.29 is 14.7 Å². The third-order valence-corrected chi connectivity index (χ3v) is 4.94. The number of carboxylic acids is 1. The maximum Gasteiger partial charge on any atom is 0.319 e. The Labute approximate surface area is 159 Å². The van der Waals surface area contributed by atoms with Gasteiger partial charge in [0.15, 0.2) is 0 Å². The Kier molecular flexibility index (Phi) is 6.08. The number of amides is 2. The van der Waals surface area contributed by atoms with Crippen molar-refractivity contribution in [2.45, 2.75) is 31.8 Å². The molecular weight excluding hydrogens is 342 g/mol. The summed E-state index contributed by atoms with van der Waals surface area (Å²) in [6.45, 7) is 2.70. The Morgan fingerprint density at radius 1 is 1.07 bits per heavy atom. The summed E-state index contributed by atoms with van der Waals surface area (Å²) in [5, 5.41) is 14.8. The lowest BCUT2D eigenvalue weighted by atomic mass is 9.85. The van der Waals surface area contributed by atoms with Gasteiger partial charge in [-0.25, -0.2) is 4.79 Å². The molecule has 0 radical (unpaired) electrons. The molecule has 1 aliphatic carbocycles. The van der Waals surface area contributed by atoms with E-state index in [4.69, 9.17) is 5.11 Å². The highest BCUT2D eigenvalue weighted by molar-refractivity contribution is 5.90. The average molecular weight is 367 g/mol. The minimum Gasteiger partial charge on any atom is -0.480 e. The van der Waals surface area contributed by atoms with Crippen LogP contribution in [0.5, 0.6) is 0 Å². The fraction of sp³-hybridized carbons (Fsp3) is 0.333. The van der Waals surface area contributed by atoms with E-state index < -0.39 is 5.97 Å². The van der Waals surface area contributed by atoms with Gasteiger partial charge in [0.25, 0.3) is 0 Å². The molecule has 27 heavy (non-hydrogen) atoms. The van der Waals surface area contributed by atoms with E-state index in [1.165, 1.54) is 0 Å². The van der Waals surface area contributed by atoms with Gasteiger partial charge in [0.1, 0.15) is 0 Å². The number of carbonyl (C=O) groups excluding carboxylic acids is 1. The van der Waals surface area contributed by atoms with Gasteiger partial charge in [-0.2, -0.15) is 0 Å². The first-order chi connectivity index (χ1) is 13.0. The van der Waals surface area contributed by atoms with Crippen LogP contribution in [0, 0.1) is 0 Å². The summed E-state index contributed by atoms with van der Waals surface area (Å²) in [6.07, 6.45) is 1.55. The van der Waals surface area contributed by atoms with Crippen LogP contribution in [0.4, 0.5) is 10.5 Å². The number of nitrogens with one attached hydrogen (secondary N) is 2. The number of nitrogens with zero attached hydrogens (tertiary/aromatic N) is 1. The molecule has 1 aliphatic rings. The number of rotatable bonds is 7. The van der Waals surface area contributed by atoms with Gasteiger partial charge in [0, 0.05) is 17.8 Å². The largest absolute Gasteiger partial charge is 0.480 e. The highest BCUT2D eigenvalue weighted by atomic mass is 16.4. The van der Waals surface area contributed by atoms with Crippen molar-refractivity contribution in [1.82, 2.24) is 10.2 Å². The summed E-state index contributed by atoms with van der Waals surface area (Å²) < 4.78 is 0. The van der Waals surface area contributed by atoms with Gasteiger partial charge in [0.2, 0.25) is 0 Å². The fourth-order valence-corrected chi connectivity index (χ4v) is 3.44. The summed E-state index contributed by atoms with van der Waals surface area (Å²) in [7, 11) is 0. The molecule has 0 unspecified atom stereocenters. The molecule has 142 valence electrons. The second kappa shape index (κ2) is 8.68. The first-order valence-electron chi connectivity index (χ1n) is 9.24. The molecule has 0 saturated heterocycles. The van der Waals surface area contributed by atoms with E-state index in [0.717, 1.165) is 29.7 Å². The van der Waals surface area contributed by atoms with Crippen LogP contribution in [0.3, 0.4) is 0 Å². The quantitative estimate of drug-likeness (QED) is 0.700. The van der Waals surface area contributed by atoms with E-state index in [9.17, 15) is 9.59 Å². The number of hydrogen-bond donors (Lipinski definition) is 3. The van der Waals surface area contributed by atoms with E-state index in [1.807, 2.05) is 66.4 Å². The van der Waals surface area contributed by atoms with Gasteiger partial charge in [-0.3, -0.25) is 9.69 Å². The van der Waals surface area contributed by atoms with Gasteiger partial charge in [-0.1, -0.05) is 49.4 Å². The van der Waals surface area contributed by atoms with Gasteiger partial charge >= 0.3 is 12.0 Å². The number of carbonyl (C=O) groups is 2. The molecule has 6 heteroatoms. The number of anilines is 1. The SMILES string of the molecule is CCN(CC(=O)O)C1CC(NC(=O)Nc2cccc(-c3ccccc3)c2)C1. The molecule has 0 spiro atoms. The molecule has 2 aromatic carbocycles. The fourth-order valence-electron chi connectivity index (χ4n) is 3.44. The molecule has 2 aromatic rings. The van der Waals surface area contributed by atoms with Crippen molar-refractivity contribution in [1.29, 1.82) is 0 Å². The lowest BCUT2D eigenvalue weighted by molar-refractivity contribution is -0.139. The molecule has 2 amide bonds. The third kappa shape index (κ3) is 5.08. The zero-order valence-corrected chi connectivity index (χ0v) is 15.4. The molecule has 0 atom stereocenters. The third-order valence-electron chi connectivity index (χ3n) is 4.94. The van der Waals surface area contributed by atoms with Crippen LogP contribution in [-0.4, -0.2) is 47.2 Å². The summed E-state index contributed by atoms with van der Waals surface area (Å²) in [6, 6.07) is 17.8. The van der Waals surface area contributed by atoms with Gasteiger partial charge in [-0.05, 0) is 42.6 Å². The highest BCUT2D eigenvalue weighted by Crippen LogP contribution is 2.26. The van der Waals surface area contributed by atoms with Crippen LogP contribution in [0.25, 0.3) is 11.1 Å². The summed E-state index contributed by atoms with van der Waals surface area (Å²) in [5.41, 5.74) is 2.89. The molecule has 0 aliphatic heterocycles. The van der Waals surface area contributed by atoms with Crippen molar-refractivity contribution in [2.24, 2.45) is 0 Å². The molecule has 3 rings (SSSR count). The smallest absolute Gasteiger partial charge is 0.319 e. The van der Waals surface area contributed by atoms with Crippen LogP contribution >= 0.6 is 0 Å². The molecule has 6 nitrogen and oxygen atoms in total. The maximum absolute atomic E-state index is 12.3. The van der Waals surface area contributed by atoms with Crippen LogP contribution in [-0.2, 0) is 4.79 Å². The van der Waals surface area contributed by atoms with Gasteiger partial charge < -0.3 is 15.7 Å². The van der Waals surface area contributed by atoms with Crippen LogP contribution in [0.15, 0.2) is 54.6 Å². The van der Waals surface area contributed by atoms with Crippen LogP contribution in [0.2, 0.25) is 0 Å². The zero-order chi connectivity index (χ0) is 19.2. The number of benzene rings is 2. The maximum atomic E-state index is 12.3. The first-order valence-corrected chi connectivity index (χ1v) is 9.24. The molecule has 1 fully saturated rings. The monoisotopic (exact) mass is 367 g/mol. The minimum absolute atomic E-state index is 0.0480. The van der Waals surface area contributed by atoms with Crippen LogP contribution < -0.4 is 10.6 Å². The van der Waals surface area contributed by atoms with Crippen molar-refractivity contribution in [3.63, 3.8) is 0 Å². The van der Waals surface area contributed by atoms with Gasteiger partial charge in [-0.15, -0.1) is 0 Å². The van der Waals surface area contributed by atoms with Crippen LogP contribution in [0.1, 0.15) is 19.8 Å². The zero-order valence-electron chi connectivity index (χ0n) is 15.4. The molecule has 3 N–H and O–H groups in total. The van der Waals surface area contributed by atoms with Crippen molar-refractivity contribution in [2.75, 3.05) is 18.4 Å². The second-order valence-electron chi connectivity index (χ2n) is 6.82. The first kappa shape index (κ1) is 18.9. The molecule has 0 aromatic heterocycles. The van der Waals surface area contributed by atoms with E-state index in [0.29, 0.717) is 6.54 Å². The topological polar surface area (TPSA) is 81.7 Å². The number of hydrogen-bond acceptors (Lipinski definition) is 3. The van der Waals surface area contributed by atoms with Crippen molar-refractivity contribution in [3.8, 4) is 11.1 Å². The second-order valence-corrected chi connectivity index (χ2v) is 6.82. The standard InChI is InChI=1S/C21H25N3O3/c1-2-24(14-20(25)26)19-12-18(13-19)23-21(27)22-17-10-6-9-16(11-17)15-7-4-3-5-8-15/h3-11,18-19H,2,12-14H2,1H3,(H,25,26)(H2,22,23,27). The number of aliphatic carboxylic acids is 1. The van der Waals surface area contributed by atoms with Gasteiger partial charge in [0.05, 0.1) is 6.54 Å². The number of urea groups is 1. The molecule has 1 saturated carbocycles. The summed E-state index contributed by atoms with van der Waals surface area (Å²) >= 11 is 0. The molecule has 0 heterocycles. The Morgan fingerprint density at radius 3 is 2.44 bits per heavy atom. The Balaban J connectivity index is 1.50. The summed E-state index contributed by atoms with van der Waals surface area (Å²) in [5.74, 6) is -0.815. The number of carboxylic acid groups (broad SMARTS) is 1.